The summed E-state index contributed by atoms with van der Waals surface area (Å²) in [5.41, 5.74) is 1.60. The van der Waals surface area contributed by atoms with Crippen molar-refractivity contribution in [3.8, 4) is 5.75 Å². The smallest absolute Gasteiger partial charge is 0.251 e. The molecule has 1 aliphatic rings. The molecule has 1 N–H and O–H groups in total. The van der Waals surface area contributed by atoms with Crippen molar-refractivity contribution in [2.45, 2.75) is 25.5 Å². The third kappa shape index (κ3) is 3.76. The number of hydrogen-bond donors (Lipinski definition) is 1. The molecule has 0 heterocycles. The molecular formula is C17H16ClNO2. The Morgan fingerprint density at radius 1 is 1.14 bits per heavy atom. The summed E-state index contributed by atoms with van der Waals surface area (Å²) in [6.45, 7) is 0.410. The Kier molecular flexibility index (Phi) is 4.11. The van der Waals surface area contributed by atoms with Crippen LogP contribution in [0.3, 0.4) is 0 Å². The van der Waals surface area contributed by atoms with Crippen LogP contribution in [0.5, 0.6) is 5.75 Å². The van der Waals surface area contributed by atoms with Crippen molar-refractivity contribution in [1.82, 2.24) is 5.32 Å². The van der Waals surface area contributed by atoms with E-state index in [1.165, 1.54) is 0 Å². The minimum Gasteiger partial charge on any atom is -0.489 e. The van der Waals surface area contributed by atoms with Crippen LogP contribution in [-0.2, 0) is 6.61 Å². The first-order valence-electron chi connectivity index (χ1n) is 6.99. The molecule has 108 valence electrons. The van der Waals surface area contributed by atoms with Gasteiger partial charge >= 0.3 is 0 Å². The molecule has 0 aromatic heterocycles. The van der Waals surface area contributed by atoms with Gasteiger partial charge in [-0.2, -0.15) is 0 Å². The van der Waals surface area contributed by atoms with Gasteiger partial charge < -0.3 is 10.1 Å². The first kappa shape index (κ1) is 14.0. The third-order valence-electron chi connectivity index (χ3n) is 3.38. The molecule has 0 bridgehead atoms. The summed E-state index contributed by atoms with van der Waals surface area (Å²) in [5, 5.41) is 3.65. The minimum atomic E-state index is -0.0184. The lowest BCUT2D eigenvalue weighted by Crippen LogP contribution is -2.25. The monoisotopic (exact) mass is 301 g/mol. The predicted molar refractivity (Wildman–Crippen MR) is 82.7 cm³/mol. The maximum Gasteiger partial charge on any atom is 0.251 e. The molecular weight excluding hydrogens is 286 g/mol. The molecule has 0 spiro atoms. The molecule has 1 aliphatic carbocycles. The summed E-state index contributed by atoms with van der Waals surface area (Å²) in [5.74, 6) is 0.702. The normalized spacial score (nSPS) is 13.8. The van der Waals surface area contributed by atoms with Crippen molar-refractivity contribution in [2.24, 2.45) is 0 Å². The van der Waals surface area contributed by atoms with E-state index >= 15 is 0 Å². The number of ether oxygens (including phenoxy) is 1. The van der Waals surface area contributed by atoms with Crippen LogP contribution in [-0.4, -0.2) is 11.9 Å². The van der Waals surface area contributed by atoms with Gasteiger partial charge in [0.25, 0.3) is 5.91 Å². The molecule has 2 aromatic rings. The first-order valence-corrected chi connectivity index (χ1v) is 7.37. The minimum absolute atomic E-state index is 0.0184. The molecule has 1 amide bonds. The Balaban J connectivity index is 1.59. The molecule has 21 heavy (non-hydrogen) atoms. The van der Waals surface area contributed by atoms with E-state index in [4.69, 9.17) is 16.3 Å². The lowest BCUT2D eigenvalue weighted by atomic mass is 10.2. The summed E-state index contributed by atoms with van der Waals surface area (Å²) < 4.78 is 5.68. The summed E-state index contributed by atoms with van der Waals surface area (Å²) in [6, 6.07) is 15.1. The van der Waals surface area contributed by atoms with Crippen LogP contribution in [0, 0.1) is 0 Å². The first-order chi connectivity index (χ1) is 10.2. The largest absolute Gasteiger partial charge is 0.489 e. The predicted octanol–water partition coefficient (Wildman–Crippen LogP) is 3.81. The van der Waals surface area contributed by atoms with E-state index in [9.17, 15) is 4.79 Å². The van der Waals surface area contributed by atoms with Gasteiger partial charge in [0.1, 0.15) is 12.4 Å². The van der Waals surface area contributed by atoms with Crippen molar-refractivity contribution in [3.63, 3.8) is 0 Å². The molecule has 1 saturated carbocycles. The fourth-order valence-corrected chi connectivity index (χ4v) is 2.17. The Labute approximate surface area is 128 Å². The highest BCUT2D eigenvalue weighted by molar-refractivity contribution is 6.31. The van der Waals surface area contributed by atoms with Crippen LogP contribution in [0.4, 0.5) is 0 Å². The van der Waals surface area contributed by atoms with Crippen molar-refractivity contribution in [1.29, 1.82) is 0 Å². The highest BCUT2D eigenvalue weighted by Gasteiger charge is 2.23. The number of halogens is 1. The summed E-state index contributed by atoms with van der Waals surface area (Å²) in [4.78, 5) is 11.9. The van der Waals surface area contributed by atoms with Gasteiger partial charge in [-0.3, -0.25) is 4.79 Å². The highest BCUT2D eigenvalue weighted by Crippen LogP contribution is 2.21. The highest BCUT2D eigenvalue weighted by atomic mass is 35.5. The molecule has 0 aliphatic heterocycles. The molecule has 2 aromatic carbocycles. The molecule has 1 fully saturated rings. The van der Waals surface area contributed by atoms with Crippen molar-refractivity contribution in [2.75, 3.05) is 0 Å². The van der Waals surface area contributed by atoms with Gasteiger partial charge in [0, 0.05) is 22.2 Å². The Morgan fingerprint density at radius 3 is 2.52 bits per heavy atom. The Morgan fingerprint density at radius 2 is 1.86 bits per heavy atom. The maximum absolute atomic E-state index is 11.9. The topological polar surface area (TPSA) is 38.3 Å². The van der Waals surface area contributed by atoms with Crippen LogP contribution < -0.4 is 10.1 Å². The number of carbonyl (C=O) groups excluding carboxylic acids is 1. The lowest BCUT2D eigenvalue weighted by Gasteiger charge is -2.08. The second-order valence-electron chi connectivity index (χ2n) is 5.15. The number of hydrogen-bond acceptors (Lipinski definition) is 2. The van der Waals surface area contributed by atoms with E-state index < -0.39 is 0 Å². The van der Waals surface area contributed by atoms with Crippen molar-refractivity contribution in [3.05, 3.63) is 64.7 Å². The zero-order valence-corrected chi connectivity index (χ0v) is 12.3. The fourth-order valence-electron chi connectivity index (χ4n) is 1.98. The van der Waals surface area contributed by atoms with E-state index in [1.807, 2.05) is 24.3 Å². The van der Waals surface area contributed by atoms with Gasteiger partial charge in [0.2, 0.25) is 0 Å². The number of carbonyl (C=O) groups is 1. The molecule has 0 radical (unpaired) electrons. The van der Waals surface area contributed by atoms with Crippen LogP contribution in [0.15, 0.2) is 48.5 Å². The number of nitrogens with one attached hydrogen (secondary N) is 1. The van der Waals surface area contributed by atoms with Crippen LogP contribution in [0.1, 0.15) is 28.8 Å². The van der Waals surface area contributed by atoms with E-state index in [2.05, 4.69) is 5.32 Å². The van der Waals surface area contributed by atoms with Crippen LogP contribution in [0.2, 0.25) is 5.02 Å². The molecule has 0 atom stereocenters. The summed E-state index contributed by atoms with van der Waals surface area (Å²) in [7, 11) is 0. The maximum atomic E-state index is 11.9. The van der Waals surface area contributed by atoms with E-state index in [-0.39, 0.29) is 5.91 Å². The average molecular weight is 302 g/mol. The standard InChI is InChI=1S/C17H16ClNO2/c18-16-4-2-1-3-13(16)11-21-15-9-5-12(6-10-15)17(20)19-14-7-8-14/h1-6,9-10,14H,7-8,11H2,(H,19,20). The number of rotatable bonds is 5. The van der Waals surface area contributed by atoms with Gasteiger partial charge in [0.05, 0.1) is 0 Å². The van der Waals surface area contributed by atoms with Gasteiger partial charge in [-0.15, -0.1) is 0 Å². The van der Waals surface area contributed by atoms with Crippen molar-refractivity contribution >= 4 is 17.5 Å². The van der Waals surface area contributed by atoms with Gasteiger partial charge in [-0.25, -0.2) is 0 Å². The second-order valence-corrected chi connectivity index (χ2v) is 5.56. The third-order valence-corrected chi connectivity index (χ3v) is 3.75. The van der Waals surface area contributed by atoms with Gasteiger partial charge in [0.15, 0.2) is 0 Å². The zero-order valence-electron chi connectivity index (χ0n) is 11.5. The zero-order chi connectivity index (χ0) is 14.7. The Hall–Kier alpha value is -2.00. The van der Waals surface area contributed by atoms with Gasteiger partial charge in [-0.05, 0) is 43.2 Å². The lowest BCUT2D eigenvalue weighted by molar-refractivity contribution is 0.0951. The second kappa shape index (κ2) is 6.19. The fraction of sp³-hybridized carbons (Fsp3) is 0.235. The van der Waals surface area contributed by atoms with Crippen molar-refractivity contribution < 1.29 is 9.53 Å². The van der Waals surface area contributed by atoms with E-state index in [0.717, 1.165) is 24.2 Å². The Bertz CT molecular complexity index is 635. The van der Waals surface area contributed by atoms with Crippen LogP contribution in [0.25, 0.3) is 0 Å². The molecule has 3 rings (SSSR count). The molecule has 0 saturated heterocycles. The van der Waals surface area contributed by atoms with E-state index in [1.54, 1.807) is 24.3 Å². The summed E-state index contributed by atoms with van der Waals surface area (Å²) >= 11 is 6.08. The quantitative estimate of drug-likeness (QED) is 0.912. The number of amides is 1. The van der Waals surface area contributed by atoms with Gasteiger partial charge in [-0.1, -0.05) is 29.8 Å². The van der Waals surface area contributed by atoms with E-state index in [0.29, 0.717) is 23.2 Å². The molecule has 3 nitrogen and oxygen atoms in total. The number of benzene rings is 2. The van der Waals surface area contributed by atoms with Crippen LogP contribution >= 0.6 is 11.6 Å². The molecule has 4 heteroatoms. The average Bonchev–Trinajstić information content (AvgIpc) is 3.31. The SMILES string of the molecule is O=C(NC1CC1)c1ccc(OCc2ccccc2Cl)cc1. The molecule has 0 unspecified atom stereocenters. The summed E-state index contributed by atoms with van der Waals surface area (Å²) in [6.07, 6.45) is 2.18.